The Morgan fingerprint density at radius 1 is 1.67 bits per heavy atom. The van der Waals surface area contributed by atoms with Crippen LogP contribution in [0.3, 0.4) is 0 Å². The van der Waals surface area contributed by atoms with Crippen molar-refractivity contribution < 1.29 is 19.4 Å². The summed E-state index contributed by atoms with van der Waals surface area (Å²) in [5.41, 5.74) is 0. The number of carbonyl (C=O) groups is 1. The molecule has 0 radical (unpaired) electrons. The average Bonchev–Trinajstić information content (AvgIpc) is 2.37. The molecule has 1 atom stereocenters. The number of hydrogen-bond donors (Lipinski definition) is 2. The highest BCUT2D eigenvalue weighted by Crippen LogP contribution is 2.13. The molecule has 1 unspecified atom stereocenters. The Balaban J connectivity index is 2.51. The van der Waals surface area contributed by atoms with E-state index < -0.39 is 6.41 Å². The number of aliphatic imine (C=N–C) groups is 1. The van der Waals surface area contributed by atoms with Crippen molar-refractivity contribution in [1.29, 1.82) is 0 Å². The molecule has 7 heteroatoms. The fourth-order valence-electron chi connectivity index (χ4n) is 1.51. The van der Waals surface area contributed by atoms with Gasteiger partial charge in [0.05, 0.1) is 11.8 Å². The number of aliphatic hydroxyl groups is 1. The zero-order valence-electron chi connectivity index (χ0n) is 10.5. The summed E-state index contributed by atoms with van der Waals surface area (Å²) in [5, 5.41) is 12.8. The van der Waals surface area contributed by atoms with Crippen LogP contribution >= 0.6 is 11.8 Å². The first-order valence-electron chi connectivity index (χ1n) is 6.04. The molecule has 0 aromatic rings. The van der Waals surface area contributed by atoms with Crippen molar-refractivity contribution in [3.63, 3.8) is 0 Å². The molecule has 1 rings (SSSR count). The highest BCUT2D eigenvalue weighted by molar-refractivity contribution is 8.14. The van der Waals surface area contributed by atoms with Crippen molar-refractivity contribution in [2.45, 2.75) is 32.2 Å². The Hall–Kier alpha value is -0.630. The highest BCUT2D eigenvalue weighted by Gasteiger charge is 2.15. The lowest BCUT2D eigenvalue weighted by atomic mass is 10.1. The summed E-state index contributed by atoms with van der Waals surface area (Å²) in [6.45, 7) is 3.59. The van der Waals surface area contributed by atoms with Gasteiger partial charge in [-0.25, -0.2) is 0 Å². The predicted molar refractivity (Wildman–Crippen MR) is 70.6 cm³/mol. The lowest BCUT2D eigenvalue weighted by Gasteiger charge is -2.21. The molecule has 0 spiro atoms. The van der Waals surface area contributed by atoms with Gasteiger partial charge in [0.25, 0.3) is 0 Å². The molecule has 0 bridgehead atoms. The number of amidine groups is 1. The number of aliphatic hydroxyl groups excluding tert-OH is 1. The molecule has 0 aliphatic carbocycles. The number of nitrogens with one attached hydrogen (secondary N) is 1. The third kappa shape index (κ3) is 6.34. The molecule has 1 aliphatic heterocycles. The van der Waals surface area contributed by atoms with Crippen LogP contribution in [0.5, 0.6) is 0 Å². The molecule has 0 saturated carbocycles. The van der Waals surface area contributed by atoms with Gasteiger partial charge in [-0.15, -0.1) is 0 Å². The van der Waals surface area contributed by atoms with Gasteiger partial charge < -0.3 is 24.7 Å². The molecule has 0 aromatic carbocycles. The molecular weight excluding hydrogens is 256 g/mol. The summed E-state index contributed by atoms with van der Waals surface area (Å²) in [7, 11) is 0. The summed E-state index contributed by atoms with van der Waals surface area (Å²) in [4.78, 5) is 14.9. The number of aldehydes is 1. The molecule has 0 amide bonds. The van der Waals surface area contributed by atoms with E-state index in [1.54, 1.807) is 6.92 Å². The Labute approximate surface area is 111 Å². The first-order chi connectivity index (χ1) is 8.76. The smallest absolute Gasteiger partial charge is 0.236 e. The van der Waals surface area contributed by atoms with Crippen LogP contribution in [-0.4, -0.2) is 54.6 Å². The number of nitrogens with zero attached hydrogens (tertiary/aromatic N) is 1. The number of hydrogen-bond acceptors (Lipinski definition) is 6. The Morgan fingerprint density at radius 2 is 2.39 bits per heavy atom. The van der Waals surface area contributed by atoms with Gasteiger partial charge in [0.15, 0.2) is 5.17 Å². The van der Waals surface area contributed by atoms with Crippen LogP contribution in [0.4, 0.5) is 0 Å². The molecule has 6 nitrogen and oxygen atoms in total. The fraction of sp³-hybridized carbons (Fsp3) is 0.818. The van der Waals surface area contributed by atoms with Crippen LogP contribution in [0.2, 0.25) is 0 Å². The fourth-order valence-corrected chi connectivity index (χ4v) is 2.15. The number of rotatable bonds is 6. The van der Waals surface area contributed by atoms with E-state index in [0.29, 0.717) is 30.7 Å². The molecule has 18 heavy (non-hydrogen) atoms. The van der Waals surface area contributed by atoms with Gasteiger partial charge in [0.1, 0.15) is 6.29 Å². The van der Waals surface area contributed by atoms with Crippen molar-refractivity contribution in [2.75, 3.05) is 25.6 Å². The minimum atomic E-state index is -1.09. The number of carbonyl (C=O) groups excluding carboxylic acids is 1. The second-order valence-electron chi connectivity index (χ2n) is 3.71. The van der Waals surface area contributed by atoms with Gasteiger partial charge in [-0.2, -0.15) is 0 Å². The first kappa shape index (κ1) is 15.4. The summed E-state index contributed by atoms with van der Waals surface area (Å²) in [5.74, 6) is 0.300. The maximum Gasteiger partial charge on any atom is 0.236 e. The van der Waals surface area contributed by atoms with Gasteiger partial charge in [-0.05, 0) is 19.8 Å². The van der Waals surface area contributed by atoms with Gasteiger partial charge >= 0.3 is 0 Å². The van der Waals surface area contributed by atoms with E-state index >= 15 is 0 Å². The standard InChI is InChI=1S/C11H20N2O4S/c1-2-17-11(15)13-10(18-8-5-14)12-9-3-6-16-7-4-9/h5,9,11,15H,2-4,6-8H2,1H3,(H,12,13). The summed E-state index contributed by atoms with van der Waals surface area (Å²) >= 11 is 1.26. The minimum Gasteiger partial charge on any atom is -0.381 e. The van der Waals surface area contributed by atoms with E-state index in [4.69, 9.17) is 9.47 Å². The van der Waals surface area contributed by atoms with Crippen LogP contribution < -0.4 is 5.32 Å². The third-order valence-electron chi connectivity index (χ3n) is 2.35. The summed E-state index contributed by atoms with van der Waals surface area (Å²) in [6.07, 6.45) is 1.43. The maximum atomic E-state index is 10.4. The zero-order valence-corrected chi connectivity index (χ0v) is 11.3. The monoisotopic (exact) mass is 276 g/mol. The second-order valence-corrected chi connectivity index (χ2v) is 4.72. The molecule has 2 N–H and O–H groups in total. The van der Waals surface area contributed by atoms with Gasteiger partial charge in [-0.3, -0.25) is 4.99 Å². The van der Waals surface area contributed by atoms with Gasteiger partial charge in [-0.1, -0.05) is 11.8 Å². The lowest BCUT2D eigenvalue weighted by molar-refractivity contribution is -0.106. The van der Waals surface area contributed by atoms with Crippen molar-refractivity contribution in [2.24, 2.45) is 4.99 Å². The second kappa shape index (κ2) is 9.32. The predicted octanol–water partition coefficient (Wildman–Crippen LogP) is 0.355. The quantitative estimate of drug-likeness (QED) is 0.315. The SMILES string of the molecule is CCOC(O)NC(=NC1CCOCC1)SCC=O. The number of ether oxygens (including phenoxy) is 2. The van der Waals surface area contributed by atoms with Crippen LogP contribution in [0.1, 0.15) is 19.8 Å². The lowest BCUT2D eigenvalue weighted by Crippen LogP contribution is -2.36. The molecule has 104 valence electrons. The van der Waals surface area contributed by atoms with Crippen LogP contribution in [-0.2, 0) is 14.3 Å². The van der Waals surface area contributed by atoms with E-state index in [0.717, 1.165) is 19.1 Å². The largest absolute Gasteiger partial charge is 0.381 e. The Bertz CT molecular complexity index is 270. The molecule has 1 fully saturated rings. The Morgan fingerprint density at radius 3 is 3.00 bits per heavy atom. The number of thioether (sulfide) groups is 1. The third-order valence-corrected chi connectivity index (χ3v) is 3.15. The van der Waals surface area contributed by atoms with Gasteiger partial charge in [0, 0.05) is 19.8 Å². The average molecular weight is 276 g/mol. The molecule has 0 aromatic heterocycles. The zero-order chi connectivity index (χ0) is 13.2. The summed E-state index contributed by atoms with van der Waals surface area (Å²) < 4.78 is 10.2. The molecular formula is C11H20N2O4S. The topological polar surface area (TPSA) is 80.2 Å². The van der Waals surface area contributed by atoms with Crippen molar-refractivity contribution >= 4 is 23.2 Å². The maximum absolute atomic E-state index is 10.4. The van der Waals surface area contributed by atoms with E-state index in [1.807, 2.05) is 0 Å². The summed E-state index contributed by atoms with van der Waals surface area (Å²) in [6, 6.07) is 0.175. The van der Waals surface area contributed by atoms with Crippen LogP contribution in [0.15, 0.2) is 4.99 Å². The molecule has 1 heterocycles. The Kier molecular flexibility index (Phi) is 7.99. The first-order valence-corrected chi connectivity index (χ1v) is 7.03. The normalized spacial score (nSPS) is 19.6. The van der Waals surface area contributed by atoms with Crippen LogP contribution in [0, 0.1) is 0 Å². The van der Waals surface area contributed by atoms with E-state index in [1.165, 1.54) is 11.8 Å². The van der Waals surface area contributed by atoms with Crippen molar-refractivity contribution in [1.82, 2.24) is 5.32 Å². The highest BCUT2D eigenvalue weighted by atomic mass is 32.2. The van der Waals surface area contributed by atoms with Crippen molar-refractivity contribution in [3.05, 3.63) is 0 Å². The van der Waals surface area contributed by atoms with Crippen LogP contribution in [0.25, 0.3) is 0 Å². The van der Waals surface area contributed by atoms with Gasteiger partial charge in [0.2, 0.25) is 6.41 Å². The van der Waals surface area contributed by atoms with E-state index in [-0.39, 0.29) is 6.04 Å². The van der Waals surface area contributed by atoms with Crippen molar-refractivity contribution in [3.8, 4) is 0 Å². The molecule has 1 saturated heterocycles. The molecule has 1 aliphatic rings. The minimum absolute atomic E-state index is 0.175. The van der Waals surface area contributed by atoms with E-state index in [9.17, 15) is 9.90 Å². The van der Waals surface area contributed by atoms with E-state index in [2.05, 4.69) is 10.3 Å².